The van der Waals surface area contributed by atoms with Gasteiger partial charge in [-0.15, -0.1) is 0 Å². The summed E-state index contributed by atoms with van der Waals surface area (Å²) in [7, 11) is 0. The molecule has 0 bridgehead atoms. The average Bonchev–Trinajstić information content (AvgIpc) is 2.44. The zero-order valence-corrected chi connectivity index (χ0v) is 14.4. The van der Waals surface area contributed by atoms with Crippen LogP contribution in [0.5, 0.6) is 0 Å². The Balaban J connectivity index is 2.91. The highest BCUT2D eigenvalue weighted by molar-refractivity contribution is 5.67. The van der Waals surface area contributed by atoms with Gasteiger partial charge < -0.3 is 0 Å². The van der Waals surface area contributed by atoms with Crippen LogP contribution in [0.4, 0.5) is 13.2 Å². The first-order valence-corrected chi connectivity index (χ1v) is 7.71. The maximum atomic E-state index is 12.6. The summed E-state index contributed by atoms with van der Waals surface area (Å²) >= 11 is 0. The second kappa shape index (κ2) is 8.13. The van der Waals surface area contributed by atoms with Gasteiger partial charge in [0.25, 0.3) is 0 Å². The van der Waals surface area contributed by atoms with Crippen molar-refractivity contribution < 1.29 is 18.0 Å². The topological polar surface area (TPSA) is 17.1 Å². The van der Waals surface area contributed by atoms with Gasteiger partial charge in [-0.3, -0.25) is 4.79 Å². The third-order valence-corrected chi connectivity index (χ3v) is 3.87. The molecule has 1 rings (SSSR count). The fourth-order valence-corrected chi connectivity index (χ4v) is 2.51. The highest BCUT2D eigenvalue weighted by atomic mass is 19.4. The van der Waals surface area contributed by atoms with Crippen molar-refractivity contribution in [3.05, 3.63) is 70.9 Å². The maximum Gasteiger partial charge on any atom is 0.416 e. The molecular formula is C20H23F3O. The smallest absolute Gasteiger partial charge is 0.299 e. The lowest BCUT2D eigenvalue weighted by Crippen LogP contribution is -2.16. The second-order valence-electron chi connectivity index (χ2n) is 6.45. The average molecular weight is 336 g/mol. The zero-order chi connectivity index (χ0) is 18.4. The van der Waals surface area contributed by atoms with Crippen LogP contribution in [0.3, 0.4) is 0 Å². The third kappa shape index (κ3) is 5.84. The largest absolute Gasteiger partial charge is 0.416 e. The van der Waals surface area contributed by atoms with E-state index in [0.29, 0.717) is 6.08 Å². The molecule has 1 aliphatic carbocycles. The van der Waals surface area contributed by atoms with E-state index in [1.807, 2.05) is 19.1 Å². The maximum absolute atomic E-state index is 12.6. The van der Waals surface area contributed by atoms with Crippen molar-refractivity contribution in [3.8, 4) is 0 Å². The van der Waals surface area contributed by atoms with E-state index in [0.717, 1.165) is 18.1 Å². The van der Waals surface area contributed by atoms with E-state index >= 15 is 0 Å². The molecular weight excluding hydrogens is 313 g/mol. The molecule has 130 valence electrons. The summed E-state index contributed by atoms with van der Waals surface area (Å²) in [6, 6.07) is 0. The number of hydrogen-bond acceptors (Lipinski definition) is 1. The second-order valence-corrected chi connectivity index (χ2v) is 6.45. The zero-order valence-electron chi connectivity index (χ0n) is 14.4. The van der Waals surface area contributed by atoms with Crippen LogP contribution in [0.15, 0.2) is 70.9 Å². The van der Waals surface area contributed by atoms with Crippen molar-refractivity contribution >= 4 is 6.29 Å². The summed E-state index contributed by atoms with van der Waals surface area (Å²) in [5.41, 5.74) is 2.31. The lowest BCUT2D eigenvalue weighted by atomic mass is 9.75. The van der Waals surface area contributed by atoms with Crippen LogP contribution < -0.4 is 0 Å². The molecule has 0 saturated carbocycles. The molecule has 0 aromatic heterocycles. The van der Waals surface area contributed by atoms with Gasteiger partial charge in [0.2, 0.25) is 0 Å². The molecule has 0 atom stereocenters. The first-order valence-electron chi connectivity index (χ1n) is 7.71. The van der Waals surface area contributed by atoms with Gasteiger partial charge in [0.15, 0.2) is 0 Å². The van der Waals surface area contributed by atoms with E-state index in [9.17, 15) is 18.0 Å². The quantitative estimate of drug-likeness (QED) is 0.340. The number of carbonyl (C=O) groups excluding carboxylic acids is 1. The van der Waals surface area contributed by atoms with Gasteiger partial charge in [-0.2, -0.15) is 13.2 Å². The molecule has 0 fully saturated rings. The molecule has 0 heterocycles. The van der Waals surface area contributed by atoms with E-state index in [2.05, 4.69) is 32.9 Å². The minimum absolute atomic E-state index is 0.0433. The number of rotatable bonds is 5. The summed E-state index contributed by atoms with van der Waals surface area (Å²) < 4.78 is 37.9. The Bertz CT molecular complexity index is 651. The van der Waals surface area contributed by atoms with Crippen molar-refractivity contribution in [2.45, 2.75) is 40.3 Å². The third-order valence-electron chi connectivity index (χ3n) is 3.87. The summed E-state index contributed by atoms with van der Waals surface area (Å²) in [5, 5.41) is 0. The number of hydrogen-bond donors (Lipinski definition) is 0. The van der Waals surface area contributed by atoms with Crippen molar-refractivity contribution in [3.63, 3.8) is 0 Å². The van der Waals surface area contributed by atoms with Gasteiger partial charge in [-0.25, -0.2) is 0 Å². The lowest BCUT2D eigenvalue weighted by Gasteiger charge is -2.29. The summed E-state index contributed by atoms with van der Waals surface area (Å²) in [5.74, 6) is 0. The molecule has 24 heavy (non-hydrogen) atoms. The van der Waals surface area contributed by atoms with E-state index in [1.54, 1.807) is 6.08 Å². The monoisotopic (exact) mass is 336 g/mol. The summed E-state index contributed by atoms with van der Waals surface area (Å²) in [6.07, 6.45) is 9.00. The van der Waals surface area contributed by atoms with Crippen LogP contribution in [0, 0.1) is 5.41 Å². The summed E-state index contributed by atoms with van der Waals surface area (Å²) in [6.45, 7) is 8.20. The van der Waals surface area contributed by atoms with E-state index < -0.39 is 11.7 Å². The number of aldehydes is 1. The molecule has 0 saturated heterocycles. The van der Waals surface area contributed by atoms with Crippen molar-refractivity contribution in [2.75, 3.05) is 0 Å². The molecule has 0 aromatic carbocycles. The Morgan fingerprint density at radius 3 is 2.42 bits per heavy atom. The summed E-state index contributed by atoms with van der Waals surface area (Å²) in [4.78, 5) is 10.3. The molecule has 1 nitrogen and oxygen atoms in total. The van der Waals surface area contributed by atoms with Crippen LogP contribution in [0.1, 0.15) is 34.1 Å². The van der Waals surface area contributed by atoms with Gasteiger partial charge in [0, 0.05) is 0 Å². The predicted molar refractivity (Wildman–Crippen MR) is 92.5 cm³/mol. The molecule has 0 aromatic rings. The molecule has 4 heteroatoms. The number of allylic oxidation sites excluding steroid dienone is 12. The van der Waals surface area contributed by atoms with Gasteiger partial charge in [-0.05, 0) is 49.0 Å². The Labute approximate surface area is 141 Å². The Morgan fingerprint density at radius 2 is 1.88 bits per heavy atom. The molecule has 0 amide bonds. The lowest BCUT2D eigenvalue weighted by molar-refractivity contribution is -0.106. The van der Waals surface area contributed by atoms with Gasteiger partial charge in [-0.1, -0.05) is 55.9 Å². The molecule has 0 radical (unpaired) electrons. The highest BCUT2D eigenvalue weighted by Crippen LogP contribution is 2.37. The first kappa shape index (κ1) is 19.9. The SMILES string of the molecule is CC1=C(/C=C/C(C)=C/C=C/C(=C/C=O)C(F)(F)F)C(C)(C)CC=C1. The fourth-order valence-electron chi connectivity index (χ4n) is 2.51. The van der Waals surface area contributed by atoms with Crippen LogP contribution in [0.25, 0.3) is 0 Å². The molecule has 0 unspecified atom stereocenters. The molecule has 0 N–H and O–H groups in total. The van der Waals surface area contributed by atoms with Crippen molar-refractivity contribution in [1.29, 1.82) is 0 Å². The minimum Gasteiger partial charge on any atom is -0.299 e. The number of carbonyl (C=O) groups is 1. The van der Waals surface area contributed by atoms with E-state index in [4.69, 9.17) is 0 Å². The molecule has 1 aliphatic rings. The first-order chi connectivity index (χ1) is 11.1. The van der Waals surface area contributed by atoms with Gasteiger partial charge in [0.05, 0.1) is 5.57 Å². The van der Waals surface area contributed by atoms with Gasteiger partial charge >= 0.3 is 6.18 Å². The fraction of sp³-hybridized carbons (Fsp3) is 0.350. The highest BCUT2D eigenvalue weighted by Gasteiger charge is 2.31. The van der Waals surface area contributed by atoms with Crippen LogP contribution in [-0.4, -0.2) is 12.5 Å². The molecule has 0 spiro atoms. The normalized spacial score (nSPS) is 19.6. The van der Waals surface area contributed by atoms with E-state index in [1.165, 1.54) is 17.2 Å². The predicted octanol–water partition coefficient (Wildman–Crippen LogP) is 6.04. The Hall–Kier alpha value is -2.10. The standard InChI is InChI=1S/C20H23F3O/c1-15(7-5-9-17(12-14-24)20(21,22)23)10-11-18-16(2)8-6-13-19(18,3)4/h5-12,14H,13H2,1-4H3/b9-5+,11-10+,15-7+,17-12-. The minimum atomic E-state index is -4.53. The number of alkyl halides is 3. The van der Waals surface area contributed by atoms with Crippen molar-refractivity contribution in [2.24, 2.45) is 5.41 Å². The van der Waals surface area contributed by atoms with Crippen LogP contribution in [0.2, 0.25) is 0 Å². The van der Waals surface area contributed by atoms with E-state index in [-0.39, 0.29) is 11.7 Å². The Morgan fingerprint density at radius 1 is 1.21 bits per heavy atom. The van der Waals surface area contributed by atoms with Crippen LogP contribution in [-0.2, 0) is 4.79 Å². The van der Waals surface area contributed by atoms with Gasteiger partial charge in [0.1, 0.15) is 6.29 Å². The van der Waals surface area contributed by atoms with Crippen molar-refractivity contribution in [1.82, 2.24) is 0 Å². The number of halogens is 3. The molecule has 0 aliphatic heterocycles. The Kier molecular flexibility index (Phi) is 6.76. The van der Waals surface area contributed by atoms with Crippen LogP contribution >= 0.6 is 0 Å².